The summed E-state index contributed by atoms with van der Waals surface area (Å²) in [6.45, 7) is 1.58. The van der Waals surface area contributed by atoms with Crippen molar-refractivity contribution in [1.82, 2.24) is 24.6 Å². The molecule has 3 heterocycles. The van der Waals surface area contributed by atoms with Crippen molar-refractivity contribution in [2.45, 2.75) is 25.1 Å². The normalized spacial score (nSPS) is 22.1. The first-order valence-corrected chi connectivity index (χ1v) is 7.32. The van der Waals surface area contributed by atoms with Crippen LogP contribution in [-0.4, -0.2) is 51.5 Å². The Bertz CT molecular complexity index is 630. The van der Waals surface area contributed by atoms with Crippen molar-refractivity contribution in [3.05, 3.63) is 36.0 Å². The average molecular weight is 303 g/mol. The summed E-state index contributed by atoms with van der Waals surface area (Å²) in [5.41, 5.74) is 0.975. The van der Waals surface area contributed by atoms with Crippen LogP contribution in [0.2, 0.25) is 0 Å². The number of hydrogen-bond acceptors (Lipinski definition) is 6. The van der Waals surface area contributed by atoms with Gasteiger partial charge in [-0.25, -0.2) is 4.98 Å². The van der Waals surface area contributed by atoms with Gasteiger partial charge in [0, 0.05) is 33.3 Å². The van der Waals surface area contributed by atoms with Crippen LogP contribution in [0, 0.1) is 0 Å². The smallest absolute Gasteiger partial charge is 0.213 e. The third-order valence-electron chi connectivity index (χ3n) is 4.10. The molecule has 1 saturated heterocycles. The van der Waals surface area contributed by atoms with E-state index in [1.807, 2.05) is 29.8 Å². The molecule has 3 rings (SSSR count). The quantitative estimate of drug-likeness (QED) is 0.826. The fourth-order valence-electron chi connectivity index (χ4n) is 2.94. The monoisotopic (exact) mass is 303 g/mol. The fraction of sp³-hybridized carbons (Fsp3) is 0.533. The van der Waals surface area contributed by atoms with Crippen molar-refractivity contribution in [2.75, 3.05) is 20.8 Å². The Hall–Kier alpha value is -1.99. The Morgan fingerprint density at radius 3 is 2.86 bits per heavy atom. The fourth-order valence-corrected chi connectivity index (χ4v) is 2.94. The SMILES string of the molecule is COc1cccc(CN2C[C@H](OC)C[C@H]2c2nncn2C)n1. The summed E-state index contributed by atoms with van der Waals surface area (Å²) in [5, 5.41) is 8.26. The van der Waals surface area contributed by atoms with Crippen LogP contribution in [-0.2, 0) is 18.3 Å². The van der Waals surface area contributed by atoms with Gasteiger partial charge in [-0.15, -0.1) is 10.2 Å². The van der Waals surface area contributed by atoms with Crippen LogP contribution < -0.4 is 4.74 Å². The van der Waals surface area contributed by atoms with E-state index in [4.69, 9.17) is 9.47 Å². The number of rotatable bonds is 5. The zero-order chi connectivity index (χ0) is 15.5. The maximum atomic E-state index is 5.55. The minimum Gasteiger partial charge on any atom is -0.481 e. The molecule has 1 fully saturated rings. The van der Waals surface area contributed by atoms with Crippen molar-refractivity contribution in [3.8, 4) is 5.88 Å². The van der Waals surface area contributed by atoms with E-state index in [1.54, 1.807) is 20.5 Å². The van der Waals surface area contributed by atoms with E-state index >= 15 is 0 Å². The summed E-state index contributed by atoms with van der Waals surface area (Å²) >= 11 is 0. The number of ether oxygens (including phenoxy) is 2. The molecule has 7 heteroatoms. The number of hydrogen-bond donors (Lipinski definition) is 0. The second-order valence-corrected chi connectivity index (χ2v) is 5.51. The van der Waals surface area contributed by atoms with Crippen LogP contribution in [0.15, 0.2) is 24.5 Å². The van der Waals surface area contributed by atoms with Gasteiger partial charge in [0.1, 0.15) is 12.2 Å². The van der Waals surface area contributed by atoms with Gasteiger partial charge in [0.2, 0.25) is 5.88 Å². The van der Waals surface area contributed by atoms with Gasteiger partial charge in [0.15, 0.2) is 0 Å². The van der Waals surface area contributed by atoms with Crippen LogP contribution in [0.5, 0.6) is 5.88 Å². The number of likely N-dealkylation sites (tertiary alicyclic amines) is 1. The molecule has 2 atom stereocenters. The number of pyridine rings is 1. The molecule has 2 aromatic rings. The number of aryl methyl sites for hydroxylation is 1. The maximum absolute atomic E-state index is 5.55. The first kappa shape index (κ1) is 14.9. The Kier molecular flexibility index (Phi) is 4.35. The molecule has 22 heavy (non-hydrogen) atoms. The lowest BCUT2D eigenvalue weighted by atomic mass is 10.2. The molecule has 1 aliphatic heterocycles. The first-order chi connectivity index (χ1) is 10.7. The number of nitrogens with zero attached hydrogens (tertiary/aromatic N) is 5. The van der Waals surface area contributed by atoms with Crippen LogP contribution in [0.4, 0.5) is 0 Å². The van der Waals surface area contributed by atoms with E-state index in [1.165, 1.54) is 0 Å². The molecule has 118 valence electrons. The van der Waals surface area contributed by atoms with Crippen molar-refractivity contribution < 1.29 is 9.47 Å². The molecule has 0 radical (unpaired) electrons. The van der Waals surface area contributed by atoms with Gasteiger partial charge in [-0.05, 0) is 12.5 Å². The van der Waals surface area contributed by atoms with Gasteiger partial charge < -0.3 is 14.0 Å². The zero-order valence-corrected chi connectivity index (χ0v) is 13.1. The van der Waals surface area contributed by atoms with E-state index in [-0.39, 0.29) is 12.1 Å². The highest BCUT2D eigenvalue weighted by atomic mass is 16.5. The summed E-state index contributed by atoms with van der Waals surface area (Å²) < 4.78 is 12.7. The minimum atomic E-state index is 0.186. The minimum absolute atomic E-state index is 0.186. The van der Waals surface area contributed by atoms with Crippen molar-refractivity contribution in [3.63, 3.8) is 0 Å². The molecule has 0 bridgehead atoms. The summed E-state index contributed by atoms with van der Waals surface area (Å²) in [6, 6.07) is 6.01. The molecule has 0 spiro atoms. The zero-order valence-electron chi connectivity index (χ0n) is 13.1. The lowest BCUT2D eigenvalue weighted by molar-refractivity contribution is 0.107. The van der Waals surface area contributed by atoms with Crippen molar-refractivity contribution in [1.29, 1.82) is 0 Å². The second-order valence-electron chi connectivity index (χ2n) is 5.51. The van der Waals surface area contributed by atoms with Crippen LogP contribution in [0.1, 0.15) is 24.0 Å². The molecular formula is C15H21N5O2. The lowest BCUT2D eigenvalue weighted by Gasteiger charge is -2.22. The molecule has 0 aromatic carbocycles. The third kappa shape index (κ3) is 2.95. The lowest BCUT2D eigenvalue weighted by Crippen LogP contribution is -2.26. The molecule has 0 unspecified atom stereocenters. The number of methoxy groups -OCH3 is 2. The van der Waals surface area contributed by atoms with E-state index < -0.39 is 0 Å². The first-order valence-electron chi connectivity index (χ1n) is 7.32. The maximum Gasteiger partial charge on any atom is 0.213 e. The number of aromatic nitrogens is 4. The molecular weight excluding hydrogens is 282 g/mol. The summed E-state index contributed by atoms with van der Waals surface area (Å²) in [6.07, 6.45) is 2.84. The third-order valence-corrected chi connectivity index (χ3v) is 4.10. The standard InChI is InChI=1S/C15H21N5O2/c1-19-10-16-18-15(19)13-7-12(21-2)9-20(13)8-11-5-4-6-14(17-11)22-3/h4-6,10,12-13H,7-9H2,1-3H3/t12-,13+/m1/s1. The van der Waals surface area contributed by atoms with E-state index in [2.05, 4.69) is 20.1 Å². The molecule has 0 saturated carbocycles. The van der Waals surface area contributed by atoms with Gasteiger partial charge in [0.05, 0.1) is 24.9 Å². The van der Waals surface area contributed by atoms with Crippen LogP contribution >= 0.6 is 0 Å². The molecule has 0 aliphatic carbocycles. The summed E-state index contributed by atoms with van der Waals surface area (Å²) in [5.74, 6) is 1.60. The Labute approximate surface area is 129 Å². The van der Waals surface area contributed by atoms with Crippen LogP contribution in [0.25, 0.3) is 0 Å². The van der Waals surface area contributed by atoms with Crippen LogP contribution in [0.3, 0.4) is 0 Å². The van der Waals surface area contributed by atoms with E-state index in [9.17, 15) is 0 Å². The highest BCUT2D eigenvalue weighted by Crippen LogP contribution is 2.33. The Morgan fingerprint density at radius 1 is 1.32 bits per heavy atom. The second kappa shape index (κ2) is 6.41. The molecule has 1 aliphatic rings. The van der Waals surface area contributed by atoms with Crippen molar-refractivity contribution in [2.24, 2.45) is 7.05 Å². The molecule has 7 nitrogen and oxygen atoms in total. The van der Waals surface area contributed by atoms with Gasteiger partial charge in [-0.1, -0.05) is 6.07 Å². The Morgan fingerprint density at radius 2 is 2.18 bits per heavy atom. The summed E-state index contributed by atoms with van der Waals surface area (Å²) in [4.78, 5) is 6.83. The predicted molar refractivity (Wildman–Crippen MR) is 80.4 cm³/mol. The van der Waals surface area contributed by atoms with E-state index in [0.29, 0.717) is 5.88 Å². The van der Waals surface area contributed by atoms with Gasteiger partial charge in [0.25, 0.3) is 0 Å². The van der Waals surface area contributed by atoms with Gasteiger partial charge >= 0.3 is 0 Å². The van der Waals surface area contributed by atoms with Crippen molar-refractivity contribution >= 4 is 0 Å². The van der Waals surface area contributed by atoms with Gasteiger partial charge in [-0.3, -0.25) is 4.90 Å². The summed E-state index contributed by atoms with van der Waals surface area (Å²) in [7, 11) is 5.36. The molecule has 0 amide bonds. The molecule has 0 N–H and O–H groups in total. The Balaban J connectivity index is 1.81. The topological polar surface area (TPSA) is 65.3 Å². The highest BCUT2D eigenvalue weighted by molar-refractivity contribution is 5.16. The molecule has 2 aromatic heterocycles. The average Bonchev–Trinajstić information content (AvgIpc) is 3.13. The van der Waals surface area contributed by atoms with E-state index in [0.717, 1.165) is 31.0 Å². The van der Waals surface area contributed by atoms with Gasteiger partial charge in [-0.2, -0.15) is 0 Å². The predicted octanol–water partition coefficient (Wildman–Crippen LogP) is 1.18. The largest absolute Gasteiger partial charge is 0.481 e. The highest BCUT2D eigenvalue weighted by Gasteiger charge is 2.35.